The molecule has 0 aromatic heterocycles. The van der Waals surface area contributed by atoms with Crippen LogP contribution >= 0.6 is 11.8 Å². The first-order chi connectivity index (χ1) is 10.1. The fraction of sp³-hybridized carbons (Fsp3) is 0.125. The van der Waals surface area contributed by atoms with Crippen LogP contribution in [0.5, 0.6) is 0 Å². The van der Waals surface area contributed by atoms with Crippen molar-refractivity contribution in [3.8, 4) is 17.3 Å². The Labute approximate surface area is 127 Å². The Hall–Kier alpha value is -2.32. The zero-order chi connectivity index (χ0) is 15.2. The maximum atomic E-state index is 13.7. The summed E-state index contributed by atoms with van der Waals surface area (Å²) in [5, 5.41) is 11.7. The highest BCUT2D eigenvalue weighted by molar-refractivity contribution is 8.13. The maximum absolute atomic E-state index is 13.7. The number of nitriles is 1. The summed E-state index contributed by atoms with van der Waals surface area (Å²) < 4.78 is 13.7. The van der Waals surface area contributed by atoms with Gasteiger partial charge in [0.05, 0.1) is 5.69 Å². The Morgan fingerprint density at radius 3 is 2.67 bits per heavy atom. The van der Waals surface area contributed by atoms with Gasteiger partial charge in [-0.3, -0.25) is 5.32 Å². The highest BCUT2D eigenvalue weighted by Gasteiger charge is 2.03. The minimum atomic E-state index is -0.225. The number of benzene rings is 2. The van der Waals surface area contributed by atoms with Gasteiger partial charge < -0.3 is 0 Å². The number of aliphatic imine (C=N–C) groups is 1. The SMILES string of the molecule is CSC(=Nc1cccc(-c2ccc(C)c(F)c2)c1)NC#N. The van der Waals surface area contributed by atoms with Gasteiger partial charge in [-0.15, -0.1) is 0 Å². The van der Waals surface area contributed by atoms with E-state index in [1.165, 1.54) is 17.8 Å². The van der Waals surface area contributed by atoms with E-state index in [1.807, 2.05) is 42.8 Å². The first-order valence-electron chi connectivity index (χ1n) is 6.28. The largest absolute Gasteiger partial charge is 0.271 e. The molecule has 0 amide bonds. The summed E-state index contributed by atoms with van der Waals surface area (Å²) in [4.78, 5) is 4.35. The van der Waals surface area contributed by atoms with Gasteiger partial charge in [-0.1, -0.05) is 36.0 Å². The van der Waals surface area contributed by atoms with Crippen LogP contribution in [0.15, 0.2) is 47.5 Å². The highest BCUT2D eigenvalue weighted by atomic mass is 32.2. The Balaban J connectivity index is 2.37. The zero-order valence-electron chi connectivity index (χ0n) is 11.7. The number of aryl methyl sites for hydroxylation is 1. The molecule has 0 atom stereocenters. The van der Waals surface area contributed by atoms with Gasteiger partial charge in [0, 0.05) is 0 Å². The van der Waals surface area contributed by atoms with Gasteiger partial charge in [-0.05, 0) is 48.1 Å². The summed E-state index contributed by atoms with van der Waals surface area (Å²) in [6.45, 7) is 1.73. The number of nitrogens with zero attached hydrogens (tertiary/aromatic N) is 2. The molecular weight excluding hydrogens is 285 g/mol. The van der Waals surface area contributed by atoms with E-state index in [2.05, 4.69) is 10.3 Å². The fourth-order valence-electron chi connectivity index (χ4n) is 1.82. The van der Waals surface area contributed by atoms with E-state index in [9.17, 15) is 4.39 Å². The summed E-state index contributed by atoms with van der Waals surface area (Å²) in [5.41, 5.74) is 3.01. The van der Waals surface area contributed by atoms with E-state index in [-0.39, 0.29) is 5.82 Å². The molecule has 1 N–H and O–H groups in total. The molecule has 2 aromatic rings. The van der Waals surface area contributed by atoms with Crippen LogP contribution in [0.2, 0.25) is 0 Å². The molecule has 2 rings (SSSR count). The molecule has 2 aromatic carbocycles. The smallest absolute Gasteiger partial charge is 0.183 e. The Morgan fingerprint density at radius 2 is 2.00 bits per heavy atom. The minimum absolute atomic E-state index is 0.225. The lowest BCUT2D eigenvalue weighted by Gasteiger charge is -2.05. The lowest BCUT2D eigenvalue weighted by Crippen LogP contribution is -2.12. The number of halogens is 1. The van der Waals surface area contributed by atoms with Gasteiger partial charge in [0.25, 0.3) is 0 Å². The number of hydrogen-bond donors (Lipinski definition) is 1. The van der Waals surface area contributed by atoms with Crippen LogP contribution in [0.4, 0.5) is 10.1 Å². The van der Waals surface area contributed by atoms with Crippen molar-refractivity contribution in [3.05, 3.63) is 53.8 Å². The van der Waals surface area contributed by atoms with Crippen molar-refractivity contribution in [1.29, 1.82) is 5.26 Å². The van der Waals surface area contributed by atoms with Crippen molar-refractivity contribution in [3.63, 3.8) is 0 Å². The summed E-state index contributed by atoms with van der Waals surface area (Å²) in [6.07, 6.45) is 3.68. The molecule has 0 fully saturated rings. The van der Waals surface area contributed by atoms with Crippen molar-refractivity contribution in [2.75, 3.05) is 6.26 Å². The summed E-state index contributed by atoms with van der Waals surface area (Å²) in [7, 11) is 0. The second kappa shape index (κ2) is 6.91. The van der Waals surface area contributed by atoms with Gasteiger partial charge in [-0.2, -0.15) is 5.26 Å². The van der Waals surface area contributed by atoms with Crippen LogP contribution in [0, 0.1) is 24.2 Å². The Morgan fingerprint density at radius 1 is 1.24 bits per heavy atom. The predicted molar refractivity (Wildman–Crippen MR) is 85.9 cm³/mol. The first-order valence-corrected chi connectivity index (χ1v) is 7.51. The highest BCUT2D eigenvalue weighted by Crippen LogP contribution is 2.26. The van der Waals surface area contributed by atoms with Crippen molar-refractivity contribution < 1.29 is 4.39 Å². The number of nitrogens with one attached hydrogen (secondary N) is 1. The fourth-order valence-corrected chi connectivity index (χ4v) is 2.16. The van der Waals surface area contributed by atoms with E-state index >= 15 is 0 Å². The molecule has 0 spiro atoms. The minimum Gasteiger partial charge on any atom is -0.271 e. The first kappa shape index (κ1) is 15.1. The van der Waals surface area contributed by atoms with E-state index in [0.29, 0.717) is 16.4 Å². The number of amidine groups is 1. The molecular formula is C16H14FN3S. The average molecular weight is 299 g/mol. The van der Waals surface area contributed by atoms with Crippen molar-refractivity contribution in [1.82, 2.24) is 5.32 Å². The normalized spacial score (nSPS) is 11.0. The third-order valence-electron chi connectivity index (χ3n) is 2.94. The molecule has 5 heteroatoms. The van der Waals surface area contributed by atoms with Crippen LogP contribution in [-0.2, 0) is 0 Å². The summed E-state index contributed by atoms with van der Waals surface area (Å²) in [6, 6.07) is 12.6. The molecule has 106 valence electrons. The van der Waals surface area contributed by atoms with Gasteiger partial charge in [0.1, 0.15) is 5.82 Å². The molecule has 0 heterocycles. The van der Waals surface area contributed by atoms with Gasteiger partial charge in [-0.25, -0.2) is 9.38 Å². The molecule has 0 aliphatic rings. The predicted octanol–water partition coefficient (Wildman–Crippen LogP) is 4.22. The lowest BCUT2D eigenvalue weighted by atomic mass is 10.0. The van der Waals surface area contributed by atoms with Crippen molar-refractivity contribution in [2.45, 2.75) is 6.92 Å². The van der Waals surface area contributed by atoms with E-state index < -0.39 is 0 Å². The van der Waals surface area contributed by atoms with Crippen molar-refractivity contribution >= 4 is 22.6 Å². The molecule has 0 radical (unpaired) electrons. The van der Waals surface area contributed by atoms with E-state index in [4.69, 9.17) is 5.26 Å². The standard InChI is InChI=1S/C16H14FN3S/c1-11-6-7-13(9-15(11)17)12-4-3-5-14(8-12)20-16(21-2)19-10-18/h3-9H,1-2H3,(H,19,20). The average Bonchev–Trinajstić information content (AvgIpc) is 2.50. The summed E-state index contributed by atoms with van der Waals surface area (Å²) in [5.74, 6) is -0.225. The van der Waals surface area contributed by atoms with Crippen LogP contribution in [0.25, 0.3) is 11.1 Å². The number of rotatable bonds is 2. The van der Waals surface area contributed by atoms with E-state index in [0.717, 1.165) is 11.1 Å². The second-order valence-electron chi connectivity index (χ2n) is 4.37. The van der Waals surface area contributed by atoms with Crippen LogP contribution in [0.3, 0.4) is 0 Å². The monoisotopic (exact) mass is 299 g/mol. The molecule has 0 unspecified atom stereocenters. The Kier molecular flexibility index (Phi) is 4.96. The molecule has 0 saturated carbocycles. The molecule has 0 bridgehead atoms. The topological polar surface area (TPSA) is 48.2 Å². The summed E-state index contributed by atoms with van der Waals surface area (Å²) >= 11 is 1.35. The molecule has 21 heavy (non-hydrogen) atoms. The third kappa shape index (κ3) is 3.83. The number of hydrogen-bond acceptors (Lipinski definition) is 3. The van der Waals surface area contributed by atoms with Gasteiger partial charge in [0.15, 0.2) is 11.4 Å². The second-order valence-corrected chi connectivity index (χ2v) is 5.17. The quantitative estimate of drug-likeness (QED) is 0.391. The zero-order valence-corrected chi connectivity index (χ0v) is 12.5. The van der Waals surface area contributed by atoms with Gasteiger partial charge in [0.2, 0.25) is 0 Å². The van der Waals surface area contributed by atoms with Crippen LogP contribution < -0.4 is 5.32 Å². The third-order valence-corrected chi connectivity index (χ3v) is 3.52. The van der Waals surface area contributed by atoms with Crippen LogP contribution in [-0.4, -0.2) is 11.4 Å². The van der Waals surface area contributed by atoms with Crippen molar-refractivity contribution in [2.24, 2.45) is 4.99 Å². The Bertz CT molecular complexity index is 720. The lowest BCUT2D eigenvalue weighted by molar-refractivity contribution is 0.619. The molecule has 0 aliphatic heterocycles. The number of thioether (sulfide) groups is 1. The van der Waals surface area contributed by atoms with Gasteiger partial charge >= 0.3 is 0 Å². The molecule has 3 nitrogen and oxygen atoms in total. The van der Waals surface area contributed by atoms with Crippen LogP contribution in [0.1, 0.15) is 5.56 Å². The maximum Gasteiger partial charge on any atom is 0.183 e. The molecule has 0 aliphatic carbocycles. The molecule has 0 saturated heterocycles. The van der Waals surface area contributed by atoms with E-state index in [1.54, 1.807) is 13.0 Å².